The molecule has 0 saturated carbocycles. The van der Waals surface area contributed by atoms with E-state index in [1.54, 1.807) is 0 Å². The number of aliphatic hydroxyl groups excluding tert-OH is 1. The summed E-state index contributed by atoms with van der Waals surface area (Å²) in [5.74, 6) is -0.115. The van der Waals surface area contributed by atoms with Gasteiger partial charge < -0.3 is 21.9 Å². The summed E-state index contributed by atoms with van der Waals surface area (Å²) in [6.07, 6.45) is 0.704. The zero-order chi connectivity index (χ0) is 14.1. The highest BCUT2D eigenvalue weighted by atomic mass is 16.3. The fourth-order valence-corrected chi connectivity index (χ4v) is 1.74. The van der Waals surface area contributed by atoms with Crippen molar-refractivity contribution in [2.75, 3.05) is 13.1 Å². The number of hydrogen-bond acceptors (Lipinski definition) is 4. The fourth-order valence-electron chi connectivity index (χ4n) is 1.74. The molecule has 0 spiro atoms. The van der Waals surface area contributed by atoms with Gasteiger partial charge in [0.05, 0.1) is 6.54 Å². The third-order valence-electron chi connectivity index (χ3n) is 3.04. The Morgan fingerprint density at radius 2 is 1.89 bits per heavy atom. The van der Waals surface area contributed by atoms with Gasteiger partial charge in [-0.3, -0.25) is 9.59 Å². The minimum atomic E-state index is -1.32. The molecule has 0 aliphatic rings. The van der Waals surface area contributed by atoms with E-state index in [2.05, 4.69) is 19.2 Å². The highest BCUT2D eigenvalue weighted by molar-refractivity contribution is 5.80. The Labute approximate surface area is 108 Å². The second-order valence-electron chi connectivity index (χ2n) is 4.84. The Bertz CT molecular complexity index is 269. The van der Waals surface area contributed by atoms with Crippen molar-refractivity contribution in [2.45, 2.75) is 39.2 Å². The summed E-state index contributed by atoms with van der Waals surface area (Å²) in [4.78, 5) is 22.1. The van der Waals surface area contributed by atoms with Gasteiger partial charge in [-0.2, -0.15) is 0 Å². The first-order valence-electron chi connectivity index (χ1n) is 6.32. The predicted octanol–water partition coefficient (Wildman–Crippen LogP) is -0.650. The molecule has 0 bridgehead atoms. The van der Waals surface area contributed by atoms with Gasteiger partial charge >= 0.3 is 0 Å². The van der Waals surface area contributed by atoms with E-state index in [9.17, 15) is 9.59 Å². The Kier molecular flexibility index (Phi) is 8.32. The summed E-state index contributed by atoms with van der Waals surface area (Å²) in [5.41, 5.74) is 10.4. The molecule has 0 aromatic carbocycles. The van der Waals surface area contributed by atoms with Crippen LogP contribution in [0.25, 0.3) is 0 Å². The summed E-state index contributed by atoms with van der Waals surface area (Å²) >= 11 is 0. The molecule has 0 fully saturated rings. The van der Waals surface area contributed by atoms with Crippen LogP contribution in [0.2, 0.25) is 0 Å². The van der Waals surface area contributed by atoms with Crippen molar-refractivity contribution in [3.63, 3.8) is 0 Å². The van der Waals surface area contributed by atoms with Crippen LogP contribution >= 0.6 is 0 Å². The molecule has 0 aromatic rings. The van der Waals surface area contributed by atoms with E-state index in [0.29, 0.717) is 24.8 Å². The Balaban J connectivity index is 3.90. The SMILES string of the molecule is CC(C)C(CCN)CCC(=O)NCC(O)C(N)=O. The van der Waals surface area contributed by atoms with Crippen molar-refractivity contribution in [1.29, 1.82) is 0 Å². The van der Waals surface area contributed by atoms with Gasteiger partial charge in [-0.05, 0) is 31.2 Å². The number of amides is 2. The molecule has 6 N–H and O–H groups in total. The van der Waals surface area contributed by atoms with Crippen molar-refractivity contribution >= 4 is 11.8 Å². The summed E-state index contributed by atoms with van der Waals surface area (Å²) in [6.45, 7) is 4.70. The normalized spacial score (nSPS) is 14.3. The van der Waals surface area contributed by atoms with Gasteiger partial charge in [-0.15, -0.1) is 0 Å². The number of carbonyl (C=O) groups excluding carboxylic acids is 2. The van der Waals surface area contributed by atoms with Crippen LogP contribution in [0.1, 0.15) is 33.1 Å². The zero-order valence-corrected chi connectivity index (χ0v) is 11.2. The molecule has 0 aliphatic carbocycles. The monoisotopic (exact) mass is 259 g/mol. The number of hydrogen-bond donors (Lipinski definition) is 4. The molecule has 0 aliphatic heterocycles. The second kappa shape index (κ2) is 8.88. The summed E-state index contributed by atoms with van der Waals surface area (Å²) in [6, 6.07) is 0. The van der Waals surface area contributed by atoms with Gasteiger partial charge in [0, 0.05) is 6.42 Å². The van der Waals surface area contributed by atoms with Crippen LogP contribution in [0.3, 0.4) is 0 Å². The van der Waals surface area contributed by atoms with Crippen LogP contribution in [0, 0.1) is 11.8 Å². The first kappa shape index (κ1) is 16.9. The van der Waals surface area contributed by atoms with E-state index in [1.807, 2.05) is 0 Å². The van der Waals surface area contributed by atoms with E-state index in [0.717, 1.165) is 12.8 Å². The standard InChI is InChI=1S/C12H25N3O3/c1-8(2)9(5-6-13)3-4-11(17)15-7-10(16)12(14)18/h8-10,16H,3-7,13H2,1-2H3,(H2,14,18)(H,15,17). The zero-order valence-electron chi connectivity index (χ0n) is 11.2. The highest BCUT2D eigenvalue weighted by Gasteiger charge is 2.16. The van der Waals surface area contributed by atoms with Crippen LogP contribution in [0.4, 0.5) is 0 Å². The predicted molar refractivity (Wildman–Crippen MR) is 69.4 cm³/mol. The Morgan fingerprint density at radius 1 is 1.28 bits per heavy atom. The second-order valence-corrected chi connectivity index (χ2v) is 4.84. The van der Waals surface area contributed by atoms with E-state index < -0.39 is 12.0 Å². The Morgan fingerprint density at radius 3 is 2.33 bits per heavy atom. The maximum absolute atomic E-state index is 11.5. The third-order valence-corrected chi connectivity index (χ3v) is 3.04. The molecule has 6 nitrogen and oxygen atoms in total. The van der Waals surface area contributed by atoms with Gasteiger partial charge in [0.25, 0.3) is 0 Å². The molecule has 2 unspecified atom stereocenters. The van der Waals surface area contributed by atoms with Crippen molar-refractivity contribution in [3.8, 4) is 0 Å². The molecule has 18 heavy (non-hydrogen) atoms. The van der Waals surface area contributed by atoms with Crippen molar-refractivity contribution < 1.29 is 14.7 Å². The van der Waals surface area contributed by atoms with Crippen molar-refractivity contribution in [2.24, 2.45) is 23.3 Å². The fraction of sp³-hybridized carbons (Fsp3) is 0.833. The lowest BCUT2D eigenvalue weighted by atomic mass is 9.88. The minimum Gasteiger partial charge on any atom is -0.381 e. The molecule has 106 valence electrons. The smallest absolute Gasteiger partial charge is 0.248 e. The van der Waals surface area contributed by atoms with E-state index in [4.69, 9.17) is 16.6 Å². The molecule has 2 atom stereocenters. The average Bonchev–Trinajstić information content (AvgIpc) is 2.30. The molecule has 0 rings (SSSR count). The molecule has 0 heterocycles. The number of carbonyl (C=O) groups is 2. The number of nitrogens with two attached hydrogens (primary N) is 2. The maximum Gasteiger partial charge on any atom is 0.248 e. The number of primary amides is 1. The molecule has 0 aromatic heterocycles. The van der Waals surface area contributed by atoms with E-state index in [-0.39, 0.29) is 12.5 Å². The lowest BCUT2D eigenvalue weighted by Crippen LogP contribution is -2.40. The van der Waals surface area contributed by atoms with Gasteiger partial charge in [0.15, 0.2) is 0 Å². The largest absolute Gasteiger partial charge is 0.381 e. The van der Waals surface area contributed by atoms with Gasteiger partial charge in [0.2, 0.25) is 11.8 Å². The highest BCUT2D eigenvalue weighted by Crippen LogP contribution is 2.20. The number of rotatable bonds is 9. The molecular weight excluding hydrogens is 234 g/mol. The molecular formula is C12H25N3O3. The molecule has 6 heteroatoms. The molecule has 0 saturated heterocycles. The van der Waals surface area contributed by atoms with Crippen molar-refractivity contribution in [1.82, 2.24) is 5.32 Å². The Hall–Kier alpha value is -1.14. The maximum atomic E-state index is 11.5. The average molecular weight is 259 g/mol. The van der Waals surface area contributed by atoms with E-state index >= 15 is 0 Å². The lowest BCUT2D eigenvalue weighted by molar-refractivity contribution is -0.127. The lowest BCUT2D eigenvalue weighted by Gasteiger charge is -2.19. The van der Waals surface area contributed by atoms with Crippen LogP contribution in [-0.4, -0.2) is 36.1 Å². The molecule has 2 amide bonds. The number of nitrogens with one attached hydrogen (secondary N) is 1. The van der Waals surface area contributed by atoms with Gasteiger partial charge in [-0.25, -0.2) is 0 Å². The van der Waals surface area contributed by atoms with Crippen LogP contribution < -0.4 is 16.8 Å². The minimum absolute atomic E-state index is 0.128. The third kappa shape index (κ3) is 7.24. The summed E-state index contributed by atoms with van der Waals surface area (Å²) in [5, 5.41) is 11.6. The summed E-state index contributed by atoms with van der Waals surface area (Å²) < 4.78 is 0. The van der Waals surface area contributed by atoms with Gasteiger partial charge in [0.1, 0.15) is 6.10 Å². The van der Waals surface area contributed by atoms with Gasteiger partial charge in [-0.1, -0.05) is 13.8 Å². The van der Waals surface area contributed by atoms with Crippen LogP contribution in [0.5, 0.6) is 0 Å². The number of aliphatic hydroxyl groups is 1. The van der Waals surface area contributed by atoms with Crippen molar-refractivity contribution in [3.05, 3.63) is 0 Å². The first-order chi connectivity index (χ1) is 8.38. The first-order valence-corrected chi connectivity index (χ1v) is 6.32. The quantitative estimate of drug-likeness (QED) is 0.440. The summed E-state index contributed by atoms with van der Waals surface area (Å²) in [7, 11) is 0. The molecule has 0 radical (unpaired) electrons. The topological polar surface area (TPSA) is 118 Å². The van der Waals surface area contributed by atoms with Crippen LogP contribution in [0.15, 0.2) is 0 Å². The van der Waals surface area contributed by atoms with E-state index in [1.165, 1.54) is 0 Å². The van der Waals surface area contributed by atoms with Crippen LogP contribution in [-0.2, 0) is 9.59 Å².